The average molecular weight is 275 g/mol. The Bertz CT molecular complexity index is 638. The summed E-state index contributed by atoms with van der Waals surface area (Å²) in [6.45, 7) is 0. The van der Waals surface area contributed by atoms with Gasteiger partial charge < -0.3 is 0 Å². The number of benzene rings is 1. The van der Waals surface area contributed by atoms with Gasteiger partial charge in [0.05, 0.1) is 0 Å². The number of rotatable bonds is 2. The molecule has 0 atom stereocenters. The molecule has 0 radical (unpaired) electrons. The average Bonchev–Trinajstić information content (AvgIpc) is 2.46. The topological polar surface area (TPSA) is 30.0 Å². The monoisotopic (exact) mass is 275 g/mol. The molecule has 1 aromatic heterocycles. The number of hydrogen-bond donors (Lipinski definition) is 0. The van der Waals surface area contributed by atoms with E-state index in [9.17, 15) is 13.6 Å². The van der Waals surface area contributed by atoms with Gasteiger partial charge in [0.1, 0.15) is 0 Å². The highest BCUT2D eigenvalue weighted by molar-refractivity contribution is 6.08. The van der Waals surface area contributed by atoms with Crippen molar-refractivity contribution in [2.45, 2.75) is 31.6 Å². The summed E-state index contributed by atoms with van der Waals surface area (Å²) in [4.78, 5) is 16.6. The first kappa shape index (κ1) is 13.2. The van der Waals surface area contributed by atoms with Crippen LogP contribution in [0.2, 0.25) is 0 Å². The van der Waals surface area contributed by atoms with Crippen molar-refractivity contribution in [1.82, 2.24) is 4.98 Å². The van der Waals surface area contributed by atoms with Gasteiger partial charge in [-0.15, -0.1) is 0 Å². The predicted molar refractivity (Wildman–Crippen MR) is 73.0 cm³/mol. The number of alkyl halides is 2. The Hall–Kier alpha value is -1.84. The molecular formula is C16H15F2NO. The number of aromatic nitrogens is 1. The third kappa shape index (κ3) is 2.42. The number of Topliss-reactive ketones (excluding diaryl/α,β-unsaturated/α-hetero) is 1. The van der Waals surface area contributed by atoms with E-state index >= 15 is 0 Å². The SMILES string of the molecule is O=C(c1cccc2cnccc12)C1CCC(F)(F)CC1. The lowest BCUT2D eigenvalue weighted by atomic mass is 9.81. The summed E-state index contributed by atoms with van der Waals surface area (Å²) in [6, 6.07) is 7.29. The minimum atomic E-state index is -2.60. The Balaban J connectivity index is 1.90. The Kier molecular flexibility index (Phi) is 3.24. The fourth-order valence-electron chi connectivity index (χ4n) is 2.86. The van der Waals surface area contributed by atoms with Crippen molar-refractivity contribution >= 4 is 16.6 Å². The van der Waals surface area contributed by atoms with E-state index < -0.39 is 5.92 Å². The highest BCUT2D eigenvalue weighted by atomic mass is 19.3. The fourth-order valence-corrected chi connectivity index (χ4v) is 2.86. The van der Waals surface area contributed by atoms with Crippen LogP contribution in [0.4, 0.5) is 8.78 Å². The summed E-state index contributed by atoms with van der Waals surface area (Å²) < 4.78 is 26.4. The Morgan fingerprint density at radius 1 is 1.20 bits per heavy atom. The molecule has 1 aromatic carbocycles. The molecule has 0 N–H and O–H groups in total. The summed E-state index contributed by atoms with van der Waals surface area (Å²) in [5.74, 6) is -2.90. The molecule has 0 bridgehead atoms. The molecule has 3 rings (SSSR count). The van der Waals surface area contributed by atoms with Gasteiger partial charge in [-0.1, -0.05) is 18.2 Å². The summed E-state index contributed by atoms with van der Waals surface area (Å²) >= 11 is 0. The second-order valence-electron chi connectivity index (χ2n) is 5.40. The normalized spacial score (nSPS) is 19.1. The number of nitrogens with zero attached hydrogens (tertiary/aromatic N) is 1. The van der Waals surface area contributed by atoms with Gasteiger partial charge in [0.25, 0.3) is 0 Å². The molecule has 20 heavy (non-hydrogen) atoms. The number of fused-ring (bicyclic) bond motifs is 1. The van der Waals surface area contributed by atoms with E-state index in [0.717, 1.165) is 10.8 Å². The van der Waals surface area contributed by atoms with Gasteiger partial charge in [-0.2, -0.15) is 0 Å². The molecule has 1 saturated carbocycles. The summed E-state index contributed by atoms with van der Waals surface area (Å²) in [6.07, 6.45) is 3.53. The quantitative estimate of drug-likeness (QED) is 0.767. The van der Waals surface area contributed by atoms with Gasteiger partial charge in [0.15, 0.2) is 5.78 Å². The van der Waals surface area contributed by atoms with Crippen molar-refractivity contribution in [3.05, 3.63) is 42.2 Å². The van der Waals surface area contributed by atoms with E-state index in [1.54, 1.807) is 24.5 Å². The molecule has 2 nitrogen and oxygen atoms in total. The molecule has 1 aliphatic rings. The molecule has 2 aromatic rings. The largest absolute Gasteiger partial charge is 0.294 e. The first-order chi connectivity index (χ1) is 9.57. The number of carbonyl (C=O) groups is 1. The van der Waals surface area contributed by atoms with E-state index in [0.29, 0.717) is 5.56 Å². The van der Waals surface area contributed by atoms with Crippen LogP contribution in [0.3, 0.4) is 0 Å². The third-order valence-electron chi connectivity index (χ3n) is 4.03. The molecule has 0 spiro atoms. The molecule has 0 amide bonds. The van der Waals surface area contributed by atoms with Crippen LogP contribution in [-0.2, 0) is 0 Å². The number of ketones is 1. The van der Waals surface area contributed by atoms with Gasteiger partial charge in [0, 0.05) is 42.1 Å². The van der Waals surface area contributed by atoms with E-state index in [1.807, 2.05) is 12.1 Å². The zero-order chi connectivity index (χ0) is 14.2. The fraction of sp³-hybridized carbons (Fsp3) is 0.375. The second-order valence-corrected chi connectivity index (χ2v) is 5.40. The molecular weight excluding hydrogens is 260 g/mol. The molecule has 1 heterocycles. The van der Waals surface area contributed by atoms with Crippen LogP contribution < -0.4 is 0 Å². The minimum absolute atomic E-state index is 0.0164. The van der Waals surface area contributed by atoms with Gasteiger partial charge >= 0.3 is 0 Å². The third-order valence-corrected chi connectivity index (χ3v) is 4.03. The predicted octanol–water partition coefficient (Wildman–Crippen LogP) is 4.24. The molecule has 0 unspecified atom stereocenters. The number of hydrogen-bond acceptors (Lipinski definition) is 2. The van der Waals surface area contributed by atoms with E-state index in [2.05, 4.69) is 4.98 Å². The number of carbonyl (C=O) groups excluding carboxylic acids is 1. The molecule has 1 aliphatic carbocycles. The summed E-state index contributed by atoms with van der Waals surface area (Å²) in [5, 5.41) is 1.75. The molecule has 1 fully saturated rings. The lowest BCUT2D eigenvalue weighted by Gasteiger charge is -2.27. The Morgan fingerprint density at radius 2 is 1.95 bits per heavy atom. The van der Waals surface area contributed by atoms with Crippen LogP contribution in [-0.4, -0.2) is 16.7 Å². The van der Waals surface area contributed by atoms with E-state index in [-0.39, 0.29) is 37.4 Å². The Morgan fingerprint density at radius 3 is 2.70 bits per heavy atom. The van der Waals surface area contributed by atoms with Gasteiger partial charge in [-0.05, 0) is 24.3 Å². The maximum absolute atomic E-state index is 13.2. The smallest absolute Gasteiger partial charge is 0.248 e. The van der Waals surface area contributed by atoms with E-state index in [1.165, 1.54) is 0 Å². The standard InChI is InChI=1S/C16H15F2NO/c17-16(18)7-4-11(5-8-16)15(20)14-3-1-2-12-10-19-9-6-13(12)14/h1-3,6,9-11H,4-5,7-8H2. The lowest BCUT2D eigenvalue weighted by molar-refractivity contribution is -0.0424. The van der Waals surface area contributed by atoms with Crippen molar-refractivity contribution in [3.8, 4) is 0 Å². The van der Waals surface area contributed by atoms with Crippen LogP contribution in [0.5, 0.6) is 0 Å². The van der Waals surface area contributed by atoms with Crippen LogP contribution in [0.1, 0.15) is 36.0 Å². The minimum Gasteiger partial charge on any atom is -0.294 e. The number of halogens is 2. The lowest BCUT2D eigenvalue weighted by Crippen LogP contribution is -2.28. The summed E-state index contributed by atoms with van der Waals surface area (Å²) in [5.41, 5.74) is 0.625. The van der Waals surface area contributed by atoms with E-state index in [4.69, 9.17) is 0 Å². The van der Waals surface area contributed by atoms with Crippen LogP contribution >= 0.6 is 0 Å². The van der Waals surface area contributed by atoms with Crippen molar-refractivity contribution in [2.75, 3.05) is 0 Å². The van der Waals surface area contributed by atoms with Gasteiger partial charge in [-0.25, -0.2) is 8.78 Å². The first-order valence-electron chi connectivity index (χ1n) is 6.82. The van der Waals surface area contributed by atoms with Crippen molar-refractivity contribution in [2.24, 2.45) is 5.92 Å². The van der Waals surface area contributed by atoms with Gasteiger partial charge in [0.2, 0.25) is 5.92 Å². The molecule has 0 aliphatic heterocycles. The molecule has 104 valence electrons. The zero-order valence-electron chi connectivity index (χ0n) is 11.0. The maximum Gasteiger partial charge on any atom is 0.248 e. The summed E-state index contributed by atoms with van der Waals surface area (Å²) in [7, 11) is 0. The van der Waals surface area contributed by atoms with Crippen molar-refractivity contribution in [3.63, 3.8) is 0 Å². The Labute approximate surface area is 115 Å². The highest BCUT2D eigenvalue weighted by Crippen LogP contribution is 2.38. The zero-order valence-corrected chi connectivity index (χ0v) is 11.0. The maximum atomic E-state index is 13.2. The molecule has 4 heteroatoms. The van der Waals surface area contributed by atoms with Crippen LogP contribution in [0.25, 0.3) is 10.8 Å². The molecule has 0 saturated heterocycles. The second kappa shape index (κ2) is 4.93. The van der Waals surface area contributed by atoms with Crippen LogP contribution in [0, 0.1) is 5.92 Å². The number of pyridine rings is 1. The van der Waals surface area contributed by atoms with Gasteiger partial charge in [-0.3, -0.25) is 9.78 Å². The van der Waals surface area contributed by atoms with Crippen LogP contribution in [0.15, 0.2) is 36.7 Å². The van der Waals surface area contributed by atoms with Crippen molar-refractivity contribution < 1.29 is 13.6 Å². The first-order valence-corrected chi connectivity index (χ1v) is 6.82. The van der Waals surface area contributed by atoms with Crippen molar-refractivity contribution in [1.29, 1.82) is 0 Å². The highest BCUT2D eigenvalue weighted by Gasteiger charge is 2.37.